The van der Waals surface area contributed by atoms with Crippen LogP contribution in [-0.4, -0.2) is 25.2 Å². The molecule has 1 aromatic rings. The zero-order chi connectivity index (χ0) is 16.4. The van der Waals surface area contributed by atoms with Crippen LogP contribution in [-0.2, 0) is 9.47 Å². The molecule has 1 atom stereocenters. The Morgan fingerprint density at radius 3 is 2.27 bits per heavy atom. The van der Waals surface area contributed by atoms with Gasteiger partial charge in [0.05, 0.1) is 18.2 Å². The molecule has 22 heavy (non-hydrogen) atoms. The molecule has 0 aliphatic heterocycles. The Hall–Kier alpha value is -2.28. The normalized spacial score (nSPS) is 11.0. The number of hydrogen-bond donors (Lipinski definition) is 0. The van der Waals surface area contributed by atoms with Crippen molar-refractivity contribution >= 4 is 11.9 Å². The van der Waals surface area contributed by atoms with Crippen LogP contribution < -0.4 is 0 Å². The number of esters is 2. The van der Waals surface area contributed by atoms with E-state index in [2.05, 4.69) is 23.5 Å². The van der Waals surface area contributed by atoms with Gasteiger partial charge in [-0.25, -0.2) is 9.59 Å². The minimum Gasteiger partial charge on any atom is -0.465 e. The lowest BCUT2D eigenvalue weighted by atomic mass is 10.1. The van der Waals surface area contributed by atoms with E-state index in [0.29, 0.717) is 12.8 Å². The highest BCUT2D eigenvalue weighted by Gasteiger charge is 2.20. The predicted molar refractivity (Wildman–Crippen MR) is 84.6 cm³/mol. The topological polar surface area (TPSA) is 52.6 Å². The average molecular weight is 302 g/mol. The zero-order valence-electron chi connectivity index (χ0n) is 13.3. The Balaban J connectivity index is 2.79. The summed E-state index contributed by atoms with van der Waals surface area (Å²) in [4.78, 5) is 24.0. The third-order valence-electron chi connectivity index (χ3n) is 3.11. The third-order valence-corrected chi connectivity index (χ3v) is 3.11. The smallest absolute Gasteiger partial charge is 0.339 e. The number of benzene rings is 1. The minimum atomic E-state index is -0.552. The molecule has 4 heteroatoms. The first kappa shape index (κ1) is 17.8. The summed E-state index contributed by atoms with van der Waals surface area (Å²) in [6, 6.07) is 6.47. The number of carbonyl (C=O) groups is 2. The maximum atomic E-state index is 12.3. The second kappa shape index (κ2) is 9.62. The highest BCUT2D eigenvalue weighted by atomic mass is 16.5. The van der Waals surface area contributed by atoms with Crippen molar-refractivity contribution in [1.29, 1.82) is 0 Å². The fraction of sp³-hybridized carbons (Fsp3) is 0.444. The van der Waals surface area contributed by atoms with Crippen LogP contribution in [0.3, 0.4) is 0 Å². The van der Waals surface area contributed by atoms with Gasteiger partial charge in [-0.05, 0) is 25.0 Å². The SMILES string of the molecule is CCCC#CCC(CC)OC(=O)c1ccccc1C(=O)OC. The molecule has 1 aromatic carbocycles. The van der Waals surface area contributed by atoms with Crippen LogP contribution in [0.2, 0.25) is 0 Å². The highest BCUT2D eigenvalue weighted by Crippen LogP contribution is 2.14. The van der Waals surface area contributed by atoms with E-state index in [-0.39, 0.29) is 17.2 Å². The van der Waals surface area contributed by atoms with Gasteiger partial charge in [0.2, 0.25) is 0 Å². The molecule has 0 aliphatic rings. The Morgan fingerprint density at radius 1 is 1.09 bits per heavy atom. The van der Waals surface area contributed by atoms with Crippen molar-refractivity contribution in [3.8, 4) is 11.8 Å². The van der Waals surface area contributed by atoms with Crippen LogP contribution in [0, 0.1) is 11.8 Å². The van der Waals surface area contributed by atoms with Crippen molar-refractivity contribution in [2.75, 3.05) is 7.11 Å². The van der Waals surface area contributed by atoms with Crippen LogP contribution in [0.25, 0.3) is 0 Å². The molecule has 0 radical (unpaired) electrons. The third kappa shape index (κ3) is 5.25. The minimum absolute atomic E-state index is 0.210. The second-order valence-electron chi connectivity index (χ2n) is 4.78. The lowest BCUT2D eigenvalue weighted by molar-refractivity contribution is 0.0297. The van der Waals surface area contributed by atoms with E-state index in [9.17, 15) is 9.59 Å². The summed E-state index contributed by atoms with van der Waals surface area (Å²) in [6.45, 7) is 4.00. The van der Waals surface area contributed by atoms with E-state index in [4.69, 9.17) is 4.74 Å². The van der Waals surface area contributed by atoms with Crippen LogP contribution >= 0.6 is 0 Å². The summed E-state index contributed by atoms with van der Waals surface area (Å²) in [6.07, 6.45) is 2.75. The molecule has 1 unspecified atom stereocenters. The number of ether oxygens (including phenoxy) is 2. The van der Waals surface area contributed by atoms with Crippen LogP contribution in [0.5, 0.6) is 0 Å². The average Bonchev–Trinajstić information content (AvgIpc) is 2.56. The van der Waals surface area contributed by atoms with Crippen LogP contribution in [0.4, 0.5) is 0 Å². The molecule has 118 valence electrons. The molecule has 0 fully saturated rings. The maximum Gasteiger partial charge on any atom is 0.339 e. The Kier molecular flexibility index (Phi) is 7.77. The molecule has 0 bridgehead atoms. The highest BCUT2D eigenvalue weighted by molar-refractivity contribution is 6.03. The number of rotatable bonds is 6. The maximum absolute atomic E-state index is 12.3. The van der Waals surface area contributed by atoms with Crippen molar-refractivity contribution < 1.29 is 19.1 Å². The fourth-order valence-electron chi connectivity index (χ4n) is 1.83. The number of unbranched alkanes of at least 4 members (excludes halogenated alkanes) is 1. The van der Waals surface area contributed by atoms with E-state index in [1.165, 1.54) is 7.11 Å². The van der Waals surface area contributed by atoms with E-state index in [1.807, 2.05) is 6.92 Å². The van der Waals surface area contributed by atoms with Gasteiger partial charge in [-0.2, -0.15) is 0 Å². The van der Waals surface area contributed by atoms with Crippen molar-refractivity contribution in [2.45, 2.75) is 45.6 Å². The summed E-state index contributed by atoms with van der Waals surface area (Å²) in [5.41, 5.74) is 0.427. The molecule has 0 amide bonds. The molecule has 0 saturated carbocycles. The van der Waals surface area contributed by atoms with Gasteiger partial charge in [0.25, 0.3) is 0 Å². The fourth-order valence-corrected chi connectivity index (χ4v) is 1.83. The van der Waals surface area contributed by atoms with Gasteiger partial charge in [-0.3, -0.25) is 0 Å². The first-order valence-electron chi connectivity index (χ1n) is 7.48. The molecule has 0 aromatic heterocycles. The molecule has 4 nitrogen and oxygen atoms in total. The van der Waals surface area contributed by atoms with E-state index >= 15 is 0 Å². The predicted octanol–water partition coefficient (Wildman–Crippen LogP) is 3.60. The van der Waals surface area contributed by atoms with Crippen molar-refractivity contribution in [3.05, 3.63) is 35.4 Å². The van der Waals surface area contributed by atoms with Gasteiger partial charge >= 0.3 is 11.9 Å². The van der Waals surface area contributed by atoms with Crippen LogP contribution in [0.15, 0.2) is 24.3 Å². The molecule has 0 heterocycles. The lowest BCUT2D eigenvalue weighted by Gasteiger charge is -2.14. The summed E-state index contributed by atoms with van der Waals surface area (Å²) in [5.74, 6) is 4.98. The van der Waals surface area contributed by atoms with Gasteiger partial charge in [0.15, 0.2) is 0 Å². The lowest BCUT2D eigenvalue weighted by Crippen LogP contribution is -2.19. The molecule has 0 spiro atoms. The summed E-state index contributed by atoms with van der Waals surface area (Å²) in [5, 5.41) is 0. The molecule has 1 rings (SSSR count). The largest absolute Gasteiger partial charge is 0.465 e. The van der Waals surface area contributed by atoms with Gasteiger partial charge in [0, 0.05) is 12.8 Å². The Bertz CT molecular complexity index is 566. The summed E-state index contributed by atoms with van der Waals surface area (Å²) in [7, 11) is 1.28. The first-order valence-corrected chi connectivity index (χ1v) is 7.48. The Labute approximate surface area is 131 Å². The number of hydrogen-bond acceptors (Lipinski definition) is 4. The van der Waals surface area contributed by atoms with E-state index < -0.39 is 11.9 Å². The van der Waals surface area contributed by atoms with Crippen LogP contribution in [0.1, 0.15) is 60.2 Å². The molecular formula is C18H22O4. The van der Waals surface area contributed by atoms with Crippen molar-refractivity contribution in [2.24, 2.45) is 0 Å². The quantitative estimate of drug-likeness (QED) is 0.595. The van der Waals surface area contributed by atoms with Gasteiger partial charge in [-0.1, -0.05) is 31.9 Å². The van der Waals surface area contributed by atoms with Gasteiger partial charge in [0.1, 0.15) is 6.10 Å². The molecular weight excluding hydrogens is 280 g/mol. The molecule has 0 aliphatic carbocycles. The zero-order valence-corrected chi connectivity index (χ0v) is 13.3. The van der Waals surface area contributed by atoms with E-state index in [1.54, 1.807) is 24.3 Å². The molecule has 0 N–H and O–H groups in total. The van der Waals surface area contributed by atoms with E-state index in [0.717, 1.165) is 12.8 Å². The van der Waals surface area contributed by atoms with Crippen molar-refractivity contribution in [1.82, 2.24) is 0 Å². The summed E-state index contributed by atoms with van der Waals surface area (Å²) < 4.78 is 10.1. The molecule has 0 saturated heterocycles. The van der Waals surface area contributed by atoms with Gasteiger partial charge in [-0.15, -0.1) is 5.92 Å². The second-order valence-corrected chi connectivity index (χ2v) is 4.78. The number of methoxy groups -OCH3 is 1. The summed E-state index contributed by atoms with van der Waals surface area (Å²) >= 11 is 0. The first-order chi connectivity index (χ1) is 10.6. The Morgan fingerprint density at radius 2 is 1.73 bits per heavy atom. The number of carbonyl (C=O) groups excluding carboxylic acids is 2. The van der Waals surface area contributed by atoms with Gasteiger partial charge < -0.3 is 9.47 Å². The van der Waals surface area contributed by atoms with Crippen molar-refractivity contribution in [3.63, 3.8) is 0 Å². The standard InChI is InChI=1S/C18H22O4/c1-4-6-7-8-11-14(5-2)22-18(20)16-13-10-9-12-15(16)17(19)21-3/h9-10,12-14H,4-6,11H2,1-3H3. The monoisotopic (exact) mass is 302 g/mol.